The molecule has 10 heteroatoms. The zero-order valence-corrected chi connectivity index (χ0v) is 14.5. The average Bonchev–Trinajstić information content (AvgIpc) is 3.00. The first kappa shape index (κ1) is 16.8. The lowest BCUT2D eigenvalue weighted by Crippen LogP contribution is -2.44. The van der Waals surface area contributed by atoms with Crippen LogP contribution in [0.1, 0.15) is 31.7 Å². The Morgan fingerprint density at radius 3 is 2.74 bits per heavy atom. The predicted molar refractivity (Wildman–Crippen MR) is 85.0 cm³/mol. The lowest BCUT2D eigenvalue weighted by Gasteiger charge is -2.33. The molecule has 2 saturated heterocycles. The van der Waals surface area contributed by atoms with Gasteiger partial charge in [0.15, 0.2) is 9.84 Å². The molecule has 23 heavy (non-hydrogen) atoms. The second-order valence-corrected chi connectivity index (χ2v) is 10.7. The number of sulfone groups is 1. The molecule has 3 heterocycles. The van der Waals surface area contributed by atoms with Gasteiger partial charge in [-0.1, -0.05) is 5.21 Å². The summed E-state index contributed by atoms with van der Waals surface area (Å²) in [5, 5.41) is 7.73. The topological polar surface area (TPSA) is 102 Å². The van der Waals surface area contributed by atoms with Crippen molar-refractivity contribution < 1.29 is 16.8 Å². The molecule has 1 aromatic heterocycles. The van der Waals surface area contributed by atoms with Gasteiger partial charge in [-0.05, 0) is 31.6 Å². The Balaban J connectivity index is 1.67. The summed E-state index contributed by atoms with van der Waals surface area (Å²) in [7, 11) is -6.54. The monoisotopic (exact) mass is 362 g/mol. The normalized spacial score (nSPS) is 29.4. The summed E-state index contributed by atoms with van der Waals surface area (Å²) in [5.74, 6) is -0.185. The standard InChI is InChI=1S/C13H22N4O4S2/c18-22(19)8-2-3-12(10-22)11-23(20,21)16-6-1-4-13(9-16)17-7-5-14-15-17/h5,7,12-13H,1-4,6,8-11H2. The molecule has 0 aliphatic carbocycles. The molecule has 2 atom stereocenters. The Morgan fingerprint density at radius 2 is 2.04 bits per heavy atom. The van der Waals surface area contributed by atoms with Crippen LogP contribution in [0.3, 0.4) is 0 Å². The molecule has 0 amide bonds. The molecule has 0 spiro atoms. The molecule has 0 radical (unpaired) electrons. The summed E-state index contributed by atoms with van der Waals surface area (Å²) >= 11 is 0. The van der Waals surface area contributed by atoms with Crippen LogP contribution in [0.2, 0.25) is 0 Å². The first-order valence-corrected chi connectivity index (χ1v) is 11.3. The van der Waals surface area contributed by atoms with E-state index >= 15 is 0 Å². The Morgan fingerprint density at radius 1 is 1.22 bits per heavy atom. The van der Waals surface area contributed by atoms with E-state index in [1.165, 1.54) is 4.31 Å². The van der Waals surface area contributed by atoms with Gasteiger partial charge in [-0.15, -0.1) is 5.10 Å². The third-order valence-corrected chi connectivity index (χ3v) is 8.47. The van der Waals surface area contributed by atoms with E-state index in [2.05, 4.69) is 10.3 Å². The lowest BCUT2D eigenvalue weighted by atomic mass is 10.1. The summed E-state index contributed by atoms with van der Waals surface area (Å²) < 4.78 is 51.9. The number of hydrogen-bond acceptors (Lipinski definition) is 6. The molecule has 130 valence electrons. The molecular formula is C13H22N4O4S2. The van der Waals surface area contributed by atoms with Crippen LogP contribution >= 0.6 is 0 Å². The Kier molecular flexibility index (Phi) is 4.75. The first-order chi connectivity index (χ1) is 10.9. The number of rotatable bonds is 4. The smallest absolute Gasteiger partial charge is 0.214 e. The van der Waals surface area contributed by atoms with Gasteiger partial charge in [-0.2, -0.15) is 4.31 Å². The fraction of sp³-hybridized carbons (Fsp3) is 0.846. The highest BCUT2D eigenvalue weighted by molar-refractivity contribution is 7.91. The molecule has 0 aromatic carbocycles. The van der Waals surface area contributed by atoms with Crippen LogP contribution < -0.4 is 0 Å². The summed E-state index contributed by atoms with van der Waals surface area (Å²) in [4.78, 5) is 0. The molecule has 2 aliphatic rings. The van der Waals surface area contributed by atoms with Crippen LogP contribution in [0, 0.1) is 5.92 Å². The molecular weight excluding hydrogens is 340 g/mol. The minimum atomic E-state index is -3.45. The van der Waals surface area contributed by atoms with Gasteiger partial charge >= 0.3 is 0 Å². The maximum Gasteiger partial charge on any atom is 0.214 e. The van der Waals surface area contributed by atoms with Gasteiger partial charge in [0.25, 0.3) is 0 Å². The van der Waals surface area contributed by atoms with Crippen LogP contribution in [-0.2, 0) is 19.9 Å². The molecule has 3 rings (SSSR count). The van der Waals surface area contributed by atoms with Crippen molar-refractivity contribution >= 4 is 19.9 Å². The van der Waals surface area contributed by atoms with E-state index in [1.54, 1.807) is 17.1 Å². The van der Waals surface area contributed by atoms with E-state index in [-0.39, 0.29) is 29.2 Å². The minimum absolute atomic E-state index is 0.00360. The molecule has 0 N–H and O–H groups in total. The van der Waals surface area contributed by atoms with Crippen molar-refractivity contribution in [3.63, 3.8) is 0 Å². The highest BCUT2D eigenvalue weighted by atomic mass is 32.2. The molecule has 1 aromatic rings. The van der Waals surface area contributed by atoms with Crippen molar-refractivity contribution in [2.24, 2.45) is 5.92 Å². The van der Waals surface area contributed by atoms with E-state index in [4.69, 9.17) is 0 Å². The Bertz CT molecular complexity index is 730. The number of piperidine rings is 1. The van der Waals surface area contributed by atoms with E-state index in [0.717, 1.165) is 12.8 Å². The van der Waals surface area contributed by atoms with Crippen LogP contribution in [-0.4, -0.2) is 66.5 Å². The molecule has 2 fully saturated rings. The van der Waals surface area contributed by atoms with Crippen LogP contribution in [0.15, 0.2) is 12.4 Å². The summed E-state index contributed by atoms with van der Waals surface area (Å²) in [6.45, 7) is 0.873. The number of hydrogen-bond donors (Lipinski definition) is 0. The van der Waals surface area contributed by atoms with Crippen LogP contribution in [0.5, 0.6) is 0 Å². The van der Waals surface area contributed by atoms with Gasteiger partial charge in [0.1, 0.15) is 0 Å². The van der Waals surface area contributed by atoms with Crippen molar-refractivity contribution in [2.75, 3.05) is 30.3 Å². The van der Waals surface area contributed by atoms with Crippen molar-refractivity contribution in [1.82, 2.24) is 19.3 Å². The fourth-order valence-corrected chi connectivity index (χ4v) is 7.28. The summed E-state index contributed by atoms with van der Waals surface area (Å²) in [6, 6.07) is -0.00360. The van der Waals surface area contributed by atoms with Crippen molar-refractivity contribution in [3.05, 3.63) is 12.4 Å². The summed E-state index contributed by atoms with van der Waals surface area (Å²) in [6.07, 6.45) is 6.19. The Hall–Kier alpha value is -1.00. The van der Waals surface area contributed by atoms with Gasteiger partial charge in [-0.25, -0.2) is 21.5 Å². The summed E-state index contributed by atoms with van der Waals surface area (Å²) in [5.41, 5.74) is 0. The van der Waals surface area contributed by atoms with Crippen molar-refractivity contribution in [1.29, 1.82) is 0 Å². The van der Waals surface area contributed by atoms with E-state index in [9.17, 15) is 16.8 Å². The molecule has 0 saturated carbocycles. The zero-order valence-electron chi connectivity index (χ0n) is 12.9. The molecule has 8 nitrogen and oxygen atoms in total. The number of sulfonamides is 1. The fourth-order valence-electron chi connectivity index (χ4n) is 3.45. The van der Waals surface area contributed by atoms with Gasteiger partial charge in [0.2, 0.25) is 10.0 Å². The average molecular weight is 362 g/mol. The number of aromatic nitrogens is 3. The predicted octanol–water partition coefficient (Wildman–Crippen LogP) is 0.0696. The largest absolute Gasteiger partial charge is 0.248 e. The minimum Gasteiger partial charge on any atom is -0.248 e. The van der Waals surface area contributed by atoms with E-state index in [0.29, 0.717) is 25.9 Å². The van der Waals surface area contributed by atoms with Crippen LogP contribution in [0.25, 0.3) is 0 Å². The molecule has 2 unspecified atom stereocenters. The third kappa shape index (κ3) is 4.10. The van der Waals surface area contributed by atoms with Crippen molar-refractivity contribution in [3.8, 4) is 0 Å². The zero-order chi connectivity index (χ0) is 16.5. The van der Waals surface area contributed by atoms with Gasteiger partial charge in [-0.3, -0.25) is 0 Å². The van der Waals surface area contributed by atoms with Crippen molar-refractivity contribution in [2.45, 2.75) is 31.7 Å². The first-order valence-electron chi connectivity index (χ1n) is 7.90. The highest BCUT2D eigenvalue weighted by Gasteiger charge is 2.34. The lowest BCUT2D eigenvalue weighted by molar-refractivity contribution is 0.250. The van der Waals surface area contributed by atoms with E-state index in [1.807, 2.05) is 0 Å². The number of nitrogens with zero attached hydrogens (tertiary/aromatic N) is 4. The van der Waals surface area contributed by atoms with Gasteiger partial charge < -0.3 is 0 Å². The quantitative estimate of drug-likeness (QED) is 0.751. The second-order valence-electron chi connectivity index (χ2n) is 6.44. The SMILES string of the molecule is O=S1(=O)CCCC(CS(=O)(=O)N2CCCC(n3ccnn3)C2)C1. The van der Waals surface area contributed by atoms with Gasteiger partial charge in [0.05, 0.1) is 29.5 Å². The van der Waals surface area contributed by atoms with E-state index < -0.39 is 19.9 Å². The maximum absolute atomic E-state index is 12.7. The van der Waals surface area contributed by atoms with Gasteiger partial charge in [0, 0.05) is 19.3 Å². The second kappa shape index (κ2) is 6.48. The molecule has 2 aliphatic heterocycles. The highest BCUT2D eigenvalue weighted by Crippen LogP contribution is 2.26. The molecule has 0 bridgehead atoms. The Labute approximate surface area is 136 Å². The van der Waals surface area contributed by atoms with Crippen LogP contribution in [0.4, 0.5) is 0 Å². The third-order valence-electron chi connectivity index (χ3n) is 4.57. The maximum atomic E-state index is 12.7.